The molecule has 1 aromatic carbocycles. The predicted octanol–water partition coefficient (Wildman–Crippen LogP) is 4.87. The normalized spacial score (nSPS) is 10.7. The van der Waals surface area contributed by atoms with Crippen molar-refractivity contribution in [3.63, 3.8) is 0 Å². The standard InChI is InChI=1S/C15H15ClN2O3/c1-9(2)11-5-4-10(3)13(8-11)21-15-12(18(19)20)6-7-14(16)17-15/h4-9H,1-3H3. The Kier molecular flexibility index (Phi) is 4.43. The number of pyridine rings is 1. The van der Waals surface area contributed by atoms with Crippen molar-refractivity contribution in [3.8, 4) is 11.6 Å². The molecule has 0 spiro atoms. The van der Waals surface area contributed by atoms with Crippen molar-refractivity contribution < 1.29 is 9.66 Å². The highest BCUT2D eigenvalue weighted by atomic mass is 35.5. The third kappa shape index (κ3) is 3.49. The van der Waals surface area contributed by atoms with Crippen LogP contribution in [0.5, 0.6) is 11.6 Å². The van der Waals surface area contributed by atoms with Crippen molar-refractivity contribution in [2.75, 3.05) is 0 Å². The fraction of sp³-hybridized carbons (Fsp3) is 0.267. The minimum Gasteiger partial charge on any atom is -0.433 e. The van der Waals surface area contributed by atoms with E-state index in [1.165, 1.54) is 12.1 Å². The SMILES string of the molecule is Cc1ccc(C(C)C)cc1Oc1nc(Cl)ccc1[N+](=O)[O-]. The summed E-state index contributed by atoms with van der Waals surface area (Å²) in [4.78, 5) is 14.4. The Labute approximate surface area is 127 Å². The number of rotatable bonds is 4. The fourth-order valence-electron chi connectivity index (χ4n) is 1.81. The Hall–Kier alpha value is -2.14. The summed E-state index contributed by atoms with van der Waals surface area (Å²) in [5.74, 6) is 0.769. The average Bonchev–Trinajstić information content (AvgIpc) is 2.40. The van der Waals surface area contributed by atoms with E-state index in [4.69, 9.17) is 16.3 Å². The number of nitro groups is 1. The first-order valence-electron chi connectivity index (χ1n) is 6.48. The molecule has 0 fully saturated rings. The van der Waals surface area contributed by atoms with E-state index in [9.17, 15) is 10.1 Å². The zero-order valence-electron chi connectivity index (χ0n) is 12.0. The predicted molar refractivity (Wildman–Crippen MR) is 81.2 cm³/mol. The number of halogens is 1. The van der Waals surface area contributed by atoms with Crippen LogP contribution in [0.3, 0.4) is 0 Å². The summed E-state index contributed by atoms with van der Waals surface area (Å²) in [6.45, 7) is 6.00. The van der Waals surface area contributed by atoms with E-state index in [0.717, 1.165) is 11.1 Å². The highest BCUT2D eigenvalue weighted by Gasteiger charge is 2.19. The van der Waals surface area contributed by atoms with Crippen molar-refractivity contribution in [1.82, 2.24) is 4.98 Å². The summed E-state index contributed by atoms with van der Waals surface area (Å²) in [6.07, 6.45) is 0. The molecular formula is C15H15ClN2O3. The first-order chi connectivity index (χ1) is 9.88. The Balaban J connectivity index is 2.44. The lowest BCUT2D eigenvalue weighted by atomic mass is 10.0. The Morgan fingerprint density at radius 1 is 1.29 bits per heavy atom. The van der Waals surface area contributed by atoms with Crippen LogP contribution in [0.25, 0.3) is 0 Å². The molecule has 0 aliphatic rings. The molecular weight excluding hydrogens is 292 g/mol. The van der Waals surface area contributed by atoms with Gasteiger partial charge < -0.3 is 4.74 Å². The Morgan fingerprint density at radius 3 is 2.62 bits per heavy atom. The number of aryl methyl sites for hydroxylation is 1. The lowest BCUT2D eigenvalue weighted by molar-refractivity contribution is -0.386. The van der Waals surface area contributed by atoms with Crippen molar-refractivity contribution in [2.24, 2.45) is 0 Å². The molecule has 2 aromatic rings. The third-order valence-corrected chi connectivity index (χ3v) is 3.30. The molecule has 0 unspecified atom stereocenters. The molecule has 5 nitrogen and oxygen atoms in total. The molecule has 110 valence electrons. The van der Waals surface area contributed by atoms with Crippen molar-refractivity contribution in [1.29, 1.82) is 0 Å². The highest BCUT2D eigenvalue weighted by molar-refractivity contribution is 6.29. The lowest BCUT2D eigenvalue weighted by Gasteiger charge is -2.12. The number of aromatic nitrogens is 1. The summed E-state index contributed by atoms with van der Waals surface area (Å²) in [6, 6.07) is 8.44. The molecule has 1 heterocycles. The fourth-order valence-corrected chi connectivity index (χ4v) is 1.95. The molecule has 0 N–H and O–H groups in total. The molecule has 0 saturated carbocycles. The van der Waals surface area contributed by atoms with E-state index in [2.05, 4.69) is 18.8 Å². The van der Waals surface area contributed by atoms with Gasteiger partial charge in [-0.1, -0.05) is 37.6 Å². The van der Waals surface area contributed by atoms with Crippen LogP contribution in [-0.4, -0.2) is 9.91 Å². The Bertz CT molecular complexity index is 687. The monoisotopic (exact) mass is 306 g/mol. The van der Waals surface area contributed by atoms with Crippen LogP contribution in [0, 0.1) is 17.0 Å². The van der Waals surface area contributed by atoms with Crippen molar-refractivity contribution >= 4 is 17.3 Å². The van der Waals surface area contributed by atoms with Crippen LogP contribution < -0.4 is 4.74 Å². The molecule has 21 heavy (non-hydrogen) atoms. The number of ether oxygens (including phenoxy) is 1. The van der Waals surface area contributed by atoms with Gasteiger partial charge in [-0.05, 0) is 36.1 Å². The zero-order valence-corrected chi connectivity index (χ0v) is 12.7. The van der Waals surface area contributed by atoms with Crippen LogP contribution in [0.1, 0.15) is 30.9 Å². The molecule has 0 aliphatic heterocycles. The summed E-state index contributed by atoms with van der Waals surface area (Å²) in [7, 11) is 0. The summed E-state index contributed by atoms with van der Waals surface area (Å²) >= 11 is 5.80. The smallest absolute Gasteiger partial charge is 0.331 e. The second-order valence-corrected chi connectivity index (χ2v) is 5.38. The largest absolute Gasteiger partial charge is 0.433 e. The first kappa shape index (κ1) is 15.3. The number of hydrogen-bond donors (Lipinski definition) is 0. The van der Waals surface area contributed by atoms with Gasteiger partial charge >= 0.3 is 11.6 Å². The quantitative estimate of drug-likeness (QED) is 0.459. The van der Waals surface area contributed by atoms with Crippen LogP contribution in [0.2, 0.25) is 5.15 Å². The van der Waals surface area contributed by atoms with Gasteiger partial charge in [0.1, 0.15) is 10.9 Å². The highest BCUT2D eigenvalue weighted by Crippen LogP contribution is 2.33. The molecule has 1 aromatic heterocycles. The molecule has 0 saturated heterocycles. The Morgan fingerprint density at radius 2 is 2.00 bits per heavy atom. The number of nitrogens with zero attached hydrogens (tertiary/aromatic N) is 2. The van der Waals surface area contributed by atoms with E-state index in [1.54, 1.807) is 0 Å². The van der Waals surface area contributed by atoms with Gasteiger partial charge in [0.05, 0.1) is 4.92 Å². The maximum atomic E-state index is 11.0. The molecule has 0 radical (unpaired) electrons. The molecule has 2 rings (SSSR count). The van der Waals surface area contributed by atoms with Gasteiger partial charge in [-0.15, -0.1) is 0 Å². The van der Waals surface area contributed by atoms with Gasteiger partial charge in [-0.3, -0.25) is 10.1 Å². The lowest BCUT2D eigenvalue weighted by Crippen LogP contribution is -1.98. The van der Waals surface area contributed by atoms with Gasteiger partial charge in [-0.2, -0.15) is 4.98 Å². The third-order valence-electron chi connectivity index (χ3n) is 3.09. The van der Waals surface area contributed by atoms with Gasteiger partial charge in [0, 0.05) is 6.07 Å². The van der Waals surface area contributed by atoms with E-state index in [1.807, 2.05) is 25.1 Å². The molecule has 0 bridgehead atoms. The zero-order chi connectivity index (χ0) is 15.6. The summed E-state index contributed by atoms with van der Waals surface area (Å²) in [5, 5.41) is 11.2. The topological polar surface area (TPSA) is 65.3 Å². The second-order valence-electron chi connectivity index (χ2n) is 5.00. The molecule has 6 heteroatoms. The van der Waals surface area contributed by atoms with E-state index >= 15 is 0 Å². The van der Waals surface area contributed by atoms with Crippen LogP contribution in [-0.2, 0) is 0 Å². The van der Waals surface area contributed by atoms with Crippen LogP contribution in [0.15, 0.2) is 30.3 Å². The van der Waals surface area contributed by atoms with E-state index < -0.39 is 4.92 Å². The van der Waals surface area contributed by atoms with Crippen LogP contribution in [0.4, 0.5) is 5.69 Å². The van der Waals surface area contributed by atoms with E-state index in [0.29, 0.717) is 11.7 Å². The number of hydrogen-bond acceptors (Lipinski definition) is 4. The van der Waals surface area contributed by atoms with E-state index in [-0.39, 0.29) is 16.7 Å². The molecule has 0 aliphatic carbocycles. The molecule has 0 atom stereocenters. The maximum absolute atomic E-state index is 11.0. The first-order valence-corrected chi connectivity index (χ1v) is 6.85. The van der Waals surface area contributed by atoms with Gasteiger partial charge in [0.25, 0.3) is 0 Å². The minimum absolute atomic E-state index is 0.100. The average molecular weight is 307 g/mol. The maximum Gasteiger partial charge on any atom is 0.331 e. The minimum atomic E-state index is -0.541. The van der Waals surface area contributed by atoms with Gasteiger partial charge in [-0.25, -0.2) is 0 Å². The molecule has 0 amide bonds. The van der Waals surface area contributed by atoms with Crippen molar-refractivity contribution in [2.45, 2.75) is 26.7 Å². The summed E-state index contributed by atoms with van der Waals surface area (Å²) < 4.78 is 5.64. The summed E-state index contributed by atoms with van der Waals surface area (Å²) in [5.41, 5.74) is 1.74. The van der Waals surface area contributed by atoms with Gasteiger partial charge in [0.15, 0.2) is 0 Å². The van der Waals surface area contributed by atoms with Crippen LogP contribution >= 0.6 is 11.6 Å². The number of benzene rings is 1. The second kappa shape index (κ2) is 6.10. The van der Waals surface area contributed by atoms with Gasteiger partial charge in [0.2, 0.25) is 0 Å². The van der Waals surface area contributed by atoms with Crippen molar-refractivity contribution in [3.05, 3.63) is 56.7 Å².